The largest absolute Gasteiger partial charge is 0.367 e. The summed E-state index contributed by atoms with van der Waals surface area (Å²) in [7, 11) is 0. The highest BCUT2D eigenvalue weighted by molar-refractivity contribution is 5.73. The molecular weight excluding hydrogens is 242 g/mol. The van der Waals surface area contributed by atoms with Crippen molar-refractivity contribution in [2.45, 2.75) is 26.7 Å². The minimum absolute atomic E-state index is 0.0283. The van der Waals surface area contributed by atoms with E-state index in [1.54, 1.807) is 6.20 Å². The van der Waals surface area contributed by atoms with Crippen LogP contribution >= 0.6 is 0 Å². The fraction of sp³-hybridized carbons (Fsp3) is 0.462. The van der Waals surface area contributed by atoms with Gasteiger partial charge >= 0.3 is 0 Å². The molecule has 0 unspecified atom stereocenters. The van der Waals surface area contributed by atoms with E-state index >= 15 is 0 Å². The van der Waals surface area contributed by atoms with Crippen LogP contribution in [0.2, 0.25) is 0 Å². The molecule has 0 spiro atoms. The zero-order valence-corrected chi connectivity index (χ0v) is 11.5. The molecule has 6 nitrogen and oxygen atoms in total. The van der Waals surface area contributed by atoms with Gasteiger partial charge in [0.2, 0.25) is 5.91 Å². The zero-order valence-electron chi connectivity index (χ0n) is 11.5. The third-order valence-electron chi connectivity index (χ3n) is 2.79. The fourth-order valence-corrected chi connectivity index (χ4v) is 1.78. The summed E-state index contributed by atoms with van der Waals surface area (Å²) < 4.78 is 1.82. The number of anilines is 1. The summed E-state index contributed by atoms with van der Waals surface area (Å²) in [6, 6.07) is 2.04. The molecule has 0 bridgehead atoms. The van der Waals surface area contributed by atoms with Gasteiger partial charge in [0.25, 0.3) is 0 Å². The van der Waals surface area contributed by atoms with E-state index in [0.717, 1.165) is 17.0 Å². The predicted molar refractivity (Wildman–Crippen MR) is 74.2 cm³/mol. The molecule has 6 heteroatoms. The average molecular weight is 261 g/mol. The first-order chi connectivity index (χ1) is 9.08. The summed E-state index contributed by atoms with van der Waals surface area (Å²) in [5, 5.41) is 10.4. The number of hydrogen-bond donors (Lipinski definition) is 2. The number of nitrogens with one attached hydrogen (secondary N) is 2. The van der Waals surface area contributed by atoms with Gasteiger partial charge in [0.1, 0.15) is 5.52 Å². The van der Waals surface area contributed by atoms with E-state index in [0.29, 0.717) is 19.0 Å². The highest BCUT2D eigenvalue weighted by Gasteiger charge is 2.09. The van der Waals surface area contributed by atoms with Crippen LogP contribution in [-0.2, 0) is 4.79 Å². The van der Waals surface area contributed by atoms with Gasteiger partial charge in [-0.1, -0.05) is 13.8 Å². The molecule has 1 amide bonds. The summed E-state index contributed by atoms with van der Waals surface area (Å²) in [6.07, 6.45) is 3.55. The monoisotopic (exact) mass is 261 g/mol. The third kappa shape index (κ3) is 3.21. The van der Waals surface area contributed by atoms with E-state index in [2.05, 4.69) is 34.6 Å². The second kappa shape index (κ2) is 5.69. The van der Waals surface area contributed by atoms with Crippen molar-refractivity contribution in [2.24, 2.45) is 0 Å². The lowest BCUT2D eigenvalue weighted by Gasteiger charge is -2.06. The molecule has 0 radical (unpaired) electrons. The molecule has 2 aromatic heterocycles. The van der Waals surface area contributed by atoms with Crippen LogP contribution in [0.25, 0.3) is 5.52 Å². The third-order valence-corrected chi connectivity index (χ3v) is 2.79. The summed E-state index contributed by atoms with van der Waals surface area (Å²) in [4.78, 5) is 15.1. The molecule has 0 saturated heterocycles. The second-order valence-electron chi connectivity index (χ2n) is 4.74. The molecule has 2 heterocycles. The molecule has 0 aliphatic rings. The lowest BCUT2D eigenvalue weighted by Crippen LogP contribution is -2.26. The van der Waals surface area contributed by atoms with Gasteiger partial charge in [-0.05, 0) is 12.0 Å². The SMILES string of the molecule is CC(=O)NCCNc1nccn2nc(C(C)C)cc12. The van der Waals surface area contributed by atoms with Gasteiger partial charge in [-0.2, -0.15) is 5.10 Å². The molecule has 0 aromatic carbocycles. The molecule has 19 heavy (non-hydrogen) atoms. The fourth-order valence-electron chi connectivity index (χ4n) is 1.78. The molecule has 102 valence electrons. The van der Waals surface area contributed by atoms with Crippen LogP contribution in [0.5, 0.6) is 0 Å². The van der Waals surface area contributed by atoms with E-state index in [-0.39, 0.29) is 5.91 Å². The molecule has 0 atom stereocenters. The molecular formula is C13H19N5O. The Kier molecular flexibility index (Phi) is 3.99. The molecule has 2 rings (SSSR count). The van der Waals surface area contributed by atoms with Crippen molar-refractivity contribution in [1.29, 1.82) is 0 Å². The Labute approximate surface area is 112 Å². The Morgan fingerprint density at radius 2 is 2.21 bits per heavy atom. The van der Waals surface area contributed by atoms with Crippen molar-refractivity contribution in [1.82, 2.24) is 19.9 Å². The van der Waals surface area contributed by atoms with E-state index < -0.39 is 0 Å². The number of carbonyl (C=O) groups excluding carboxylic acids is 1. The molecule has 2 aromatic rings. The summed E-state index contributed by atoms with van der Waals surface area (Å²) in [5.41, 5.74) is 1.99. The summed E-state index contributed by atoms with van der Waals surface area (Å²) in [5.74, 6) is 1.14. The maximum Gasteiger partial charge on any atom is 0.216 e. The lowest BCUT2D eigenvalue weighted by atomic mass is 10.1. The van der Waals surface area contributed by atoms with Crippen molar-refractivity contribution in [2.75, 3.05) is 18.4 Å². The number of aromatic nitrogens is 3. The highest BCUT2D eigenvalue weighted by Crippen LogP contribution is 2.19. The first-order valence-electron chi connectivity index (χ1n) is 6.40. The smallest absolute Gasteiger partial charge is 0.216 e. The number of carbonyl (C=O) groups is 1. The Morgan fingerprint density at radius 1 is 1.42 bits per heavy atom. The lowest BCUT2D eigenvalue weighted by molar-refractivity contribution is -0.118. The molecule has 0 saturated carbocycles. The van der Waals surface area contributed by atoms with Crippen molar-refractivity contribution in [3.63, 3.8) is 0 Å². The molecule has 0 aliphatic heterocycles. The Hall–Kier alpha value is -2.11. The first kappa shape index (κ1) is 13.3. The van der Waals surface area contributed by atoms with Gasteiger partial charge in [-0.3, -0.25) is 4.79 Å². The van der Waals surface area contributed by atoms with Crippen LogP contribution in [0.4, 0.5) is 5.82 Å². The predicted octanol–water partition coefficient (Wildman–Crippen LogP) is 1.40. The Bertz CT molecular complexity index is 575. The van der Waals surface area contributed by atoms with Gasteiger partial charge in [0.05, 0.1) is 5.69 Å². The van der Waals surface area contributed by atoms with Crippen LogP contribution in [-0.4, -0.2) is 33.6 Å². The number of amides is 1. The minimum Gasteiger partial charge on any atom is -0.367 e. The van der Waals surface area contributed by atoms with Gasteiger partial charge in [-0.15, -0.1) is 0 Å². The van der Waals surface area contributed by atoms with Crippen LogP contribution in [0, 0.1) is 0 Å². The minimum atomic E-state index is -0.0283. The number of hydrogen-bond acceptors (Lipinski definition) is 4. The Morgan fingerprint density at radius 3 is 2.89 bits per heavy atom. The normalized spacial score (nSPS) is 10.9. The van der Waals surface area contributed by atoms with Crippen LogP contribution < -0.4 is 10.6 Å². The van der Waals surface area contributed by atoms with Gasteiger partial charge < -0.3 is 10.6 Å². The maximum absolute atomic E-state index is 10.8. The topological polar surface area (TPSA) is 71.3 Å². The van der Waals surface area contributed by atoms with Crippen LogP contribution in [0.15, 0.2) is 18.5 Å². The highest BCUT2D eigenvalue weighted by atomic mass is 16.1. The summed E-state index contributed by atoms with van der Waals surface area (Å²) in [6.45, 7) is 6.93. The van der Waals surface area contributed by atoms with Gasteiger partial charge in [0.15, 0.2) is 5.82 Å². The van der Waals surface area contributed by atoms with Gasteiger partial charge in [0, 0.05) is 32.4 Å². The Balaban J connectivity index is 2.12. The summed E-state index contributed by atoms with van der Waals surface area (Å²) >= 11 is 0. The van der Waals surface area contributed by atoms with E-state index in [4.69, 9.17) is 0 Å². The number of rotatable bonds is 5. The number of nitrogens with zero attached hydrogens (tertiary/aromatic N) is 3. The number of fused-ring (bicyclic) bond motifs is 1. The van der Waals surface area contributed by atoms with Crippen molar-refractivity contribution >= 4 is 17.2 Å². The maximum atomic E-state index is 10.8. The standard InChI is InChI=1S/C13H19N5O/c1-9(2)11-8-12-13(15-5-4-14-10(3)19)16-6-7-18(12)17-11/h6-9H,4-5H2,1-3H3,(H,14,19)(H,15,16). The van der Waals surface area contributed by atoms with Gasteiger partial charge in [-0.25, -0.2) is 9.50 Å². The zero-order chi connectivity index (χ0) is 13.8. The second-order valence-corrected chi connectivity index (χ2v) is 4.74. The van der Waals surface area contributed by atoms with E-state index in [1.165, 1.54) is 6.92 Å². The van der Waals surface area contributed by atoms with Crippen molar-refractivity contribution in [3.05, 3.63) is 24.2 Å². The van der Waals surface area contributed by atoms with E-state index in [1.807, 2.05) is 16.8 Å². The van der Waals surface area contributed by atoms with Crippen molar-refractivity contribution < 1.29 is 4.79 Å². The molecule has 0 fully saturated rings. The molecule has 2 N–H and O–H groups in total. The van der Waals surface area contributed by atoms with Crippen LogP contribution in [0.3, 0.4) is 0 Å². The quantitative estimate of drug-likeness (QED) is 0.798. The van der Waals surface area contributed by atoms with Crippen LogP contribution in [0.1, 0.15) is 32.4 Å². The van der Waals surface area contributed by atoms with E-state index in [9.17, 15) is 4.79 Å². The average Bonchev–Trinajstić information content (AvgIpc) is 2.79. The van der Waals surface area contributed by atoms with Crippen molar-refractivity contribution in [3.8, 4) is 0 Å². The first-order valence-corrected chi connectivity index (χ1v) is 6.40. The molecule has 0 aliphatic carbocycles.